The van der Waals surface area contributed by atoms with Crippen molar-refractivity contribution in [2.75, 3.05) is 0 Å². The summed E-state index contributed by atoms with van der Waals surface area (Å²) in [5, 5.41) is 1.10. The number of imidazole rings is 1. The number of para-hydroxylation sites is 1. The molecule has 0 fully saturated rings. The Morgan fingerprint density at radius 2 is 1.95 bits per heavy atom. The fourth-order valence-electron chi connectivity index (χ4n) is 2.33. The number of nitrogens with zero attached hydrogens (tertiary/aromatic N) is 3. The number of aryl methyl sites for hydroxylation is 1. The maximum absolute atomic E-state index is 5.86. The number of pyridine rings is 1. The van der Waals surface area contributed by atoms with Gasteiger partial charge in [0, 0.05) is 29.4 Å². The summed E-state index contributed by atoms with van der Waals surface area (Å²) in [4.78, 5) is 8.84. The molecule has 0 saturated carbocycles. The van der Waals surface area contributed by atoms with Gasteiger partial charge in [-0.1, -0.05) is 18.2 Å². The molecule has 0 radical (unpaired) electrons. The Hall–Kier alpha value is -2.20. The first-order chi connectivity index (χ1) is 9.22. The van der Waals surface area contributed by atoms with Crippen molar-refractivity contribution in [3.8, 4) is 5.69 Å². The van der Waals surface area contributed by atoms with Crippen LogP contribution in [0, 0.1) is 13.8 Å². The van der Waals surface area contributed by atoms with Crippen molar-refractivity contribution in [2.24, 2.45) is 5.73 Å². The molecule has 19 heavy (non-hydrogen) atoms. The van der Waals surface area contributed by atoms with E-state index in [0.29, 0.717) is 6.54 Å². The minimum absolute atomic E-state index is 0.462. The van der Waals surface area contributed by atoms with Gasteiger partial charge in [0.1, 0.15) is 0 Å². The van der Waals surface area contributed by atoms with E-state index < -0.39 is 0 Å². The predicted octanol–water partition coefficient (Wildman–Crippen LogP) is 2.50. The fourth-order valence-corrected chi connectivity index (χ4v) is 2.33. The van der Waals surface area contributed by atoms with E-state index in [1.54, 1.807) is 0 Å². The molecule has 4 nitrogen and oxygen atoms in total. The van der Waals surface area contributed by atoms with Gasteiger partial charge >= 0.3 is 0 Å². The molecule has 0 atom stereocenters. The first kappa shape index (κ1) is 11.9. The highest BCUT2D eigenvalue weighted by Gasteiger charge is 2.12. The molecule has 96 valence electrons. The van der Waals surface area contributed by atoms with Crippen molar-refractivity contribution in [2.45, 2.75) is 20.4 Å². The number of benzene rings is 1. The number of aromatic nitrogens is 3. The highest BCUT2D eigenvalue weighted by atomic mass is 15.1. The van der Waals surface area contributed by atoms with Gasteiger partial charge in [-0.3, -0.25) is 4.98 Å². The first-order valence-corrected chi connectivity index (χ1v) is 6.30. The Labute approximate surface area is 111 Å². The minimum atomic E-state index is 0.462. The number of hydrogen-bond acceptors (Lipinski definition) is 3. The third-order valence-corrected chi connectivity index (χ3v) is 3.54. The summed E-state index contributed by atoms with van der Waals surface area (Å²) in [7, 11) is 0. The smallest absolute Gasteiger partial charge is 0.0997 e. The zero-order valence-electron chi connectivity index (χ0n) is 11.1. The molecule has 0 spiro atoms. The highest BCUT2D eigenvalue weighted by Crippen LogP contribution is 2.26. The number of nitrogens with two attached hydrogens (primary N) is 1. The molecule has 2 aromatic heterocycles. The maximum Gasteiger partial charge on any atom is 0.0997 e. The van der Waals surface area contributed by atoms with Crippen LogP contribution >= 0.6 is 0 Å². The molecule has 0 aliphatic carbocycles. The van der Waals surface area contributed by atoms with E-state index in [1.165, 1.54) is 0 Å². The second-order valence-corrected chi connectivity index (χ2v) is 4.64. The molecular weight excluding hydrogens is 236 g/mol. The van der Waals surface area contributed by atoms with Gasteiger partial charge in [-0.25, -0.2) is 4.98 Å². The van der Waals surface area contributed by atoms with Gasteiger partial charge in [0.25, 0.3) is 0 Å². The molecule has 3 rings (SSSR count). The van der Waals surface area contributed by atoms with Crippen LogP contribution in [0.15, 0.2) is 36.8 Å². The van der Waals surface area contributed by atoms with Crippen molar-refractivity contribution in [3.05, 3.63) is 53.7 Å². The van der Waals surface area contributed by atoms with Gasteiger partial charge in [0.15, 0.2) is 0 Å². The highest BCUT2D eigenvalue weighted by molar-refractivity contribution is 5.88. The van der Waals surface area contributed by atoms with Crippen LogP contribution in [0.4, 0.5) is 0 Å². The molecular formula is C15H16N4. The van der Waals surface area contributed by atoms with E-state index in [2.05, 4.69) is 27.5 Å². The SMILES string of the molecule is Cc1ncn(-c2c(CN)cnc3ccccc23)c1C. The summed E-state index contributed by atoms with van der Waals surface area (Å²) in [5.74, 6) is 0. The maximum atomic E-state index is 5.86. The second-order valence-electron chi connectivity index (χ2n) is 4.64. The van der Waals surface area contributed by atoms with Crippen LogP contribution in [-0.4, -0.2) is 14.5 Å². The summed E-state index contributed by atoms with van der Waals surface area (Å²) >= 11 is 0. The van der Waals surface area contributed by atoms with Crippen LogP contribution in [-0.2, 0) is 6.54 Å². The van der Waals surface area contributed by atoms with E-state index in [0.717, 1.165) is 33.5 Å². The summed E-state index contributed by atoms with van der Waals surface area (Å²) in [6.45, 7) is 4.54. The van der Waals surface area contributed by atoms with Gasteiger partial charge < -0.3 is 10.3 Å². The van der Waals surface area contributed by atoms with Crippen molar-refractivity contribution in [1.29, 1.82) is 0 Å². The largest absolute Gasteiger partial charge is 0.326 e. The summed E-state index contributed by atoms with van der Waals surface area (Å²) < 4.78 is 2.10. The molecule has 4 heteroatoms. The topological polar surface area (TPSA) is 56.7 Å². The van der Waals surface area contributed by atoms with Crippen LogP contribution < -0.4 is 5.73 Å². The molecule has 3 aromatic rings. The molecule has 0 aliphatic heterocycles. The molecule has 2 N–H and O–H groups in total. The van der Waals surface area contributed by atoms with Crippen LogP contribution in [0.1, 0.15) is 17.0 Å². The van der Waals surface area contributed by atoms with E-state index in [1.807, 2.05) is 37.6 Å². The van der Waals surface area contributed by atoms with Gasteiger partial charge in [0.05, 0.1) is 23.2 Å². The van der Waals surface area contributed by atoms with Crippen molar-refractivity contribution < 1.29 is 0 Å². The van der Waals surface area contributed by atoms with Crippen molar-refractivity contribution in [1.82, 2.24) is 14.5 Å². The average Bonchev–Trinajstić information content (AvgIpc) is 2.77. The Morgan fingerprint density at radius 3 is 2.63 bits per heavy atom. The molecule has 0 amide bonds. The van der Waals surface area contributed by atoms with E-state index in [4.69, 9.17) is 5.73 Å². The van der Waals surface area contributed by atoms with Gasteiger partial charge in [0.2, 0.25) is 0 Å². The molecule has 2 heterocycles. The second kappa shape index (κ2) is 4.48. The molecule has 0 saturated heterocycles. The zero-order chi connectivity index (χ0) is 13.4. The lowest BCUT2D eigenvalue weighted by molar-refractivity contribution is 0.953. The first-order valence-electron chi connectivity index (χ1n) is 6.30. The lowest BCUT2D eigenvalue weighted by Crippen LogP contribution is -2.07. The number of rotatable bonds is 2. The monoisotopic (exact) mass is 252 g/mol. The third kappa shape index (κ3) is 1.81. The number of hydrogen-bond donors (Lipinski definition) is 1. The van der Waals surface area contributed by atoms with E-state index in [9.17, 15) is 0 Å². The Morgan fingerprint density at radius 1 is 1.16 bits per heavy atom. The van der Waals surface area contributed by atoms with E-state index >= 15 is 0 Å². The fraction of sp³-hybridized carbons (Fsp3) is 0.200. The summed E-state index contributed by atoms with van der Waals surface area (Å²) in [6.07, 6.45) is 3.71. The quantitative estimate of drug-likeness (QED) is 0.762. The summed E-state index contributed by atoms with van der Waals surface area (Å²) in [6, 6.07) is 8.10. The van der Waals surface area contributed by atoms with Gasteiger partial charge in [-0.2, -0.15) is 0 Å². The summed E-state index contributed by atoms with van der Waals surface area (Å²) in [5.41, 5.74) is 11.1. The van der Waals surface area contributed by atoms with Gasteiger partial charge in [-0.15, -0.1) is 0 Å². The van der Waals surface area contributed by atoms with Crippen molar-refractivity contribution in [3.63, 3.8) is 0 Å². The molecule has 0 aliphatic rings. The Balaban J connectivity index is 2.40. The molecule has 1 aromatic carbocycles. The molecule has 0 unspecified atom stereocenters. The Kier molecular flexibility index (Phi) is 2.80. The predicted molar refractivity (Wildman–Crippen MR) is 76.2 cm³/mol. The van der Waals surface area contributed by atoms with E-state index in [-0.39, 0.29) is 0 Å². The van der Waals surface area contributed by atoms with Crippen LogP contribution in [0.2, 0.25) is 0 Å². The average molecular weight is 252 g/mol. The number of fused-ring (bicyclic) bond motifs is 1. The minimum Gasteiger partial charge on any atom is -0.326 e. The van der Waals surface area contributed by atoms with Crippen molar-refractivity contribution >= 4 is 10.9 Å². The van der Waals surface area contributed by atoms with Crippen LogP contribution in [0.3, 0.4) is 0 Å². The standard InChI is InChI=1S/C15H16N4/c1-10-11(2)19(9-18-10)15-12(7-16)8-17-14-6-4-3-5-13(14)15/h3-6,8-9H,7,16H2,1-2H3. The zero-order valence-corrected chi connectivity index (χ0v) is 11.1. The lowest BCUT2D eigenvalue weighted by Gasteiger charge is -2.13. The van der Waals surface area contributed by atoms with Gasteiger partial charge in [-0.05, 0) is 19.9 Å². The lowest BCUT2D eigenvalue weighted by atomic mass is 10.1. The van der Waals surface area contributed by atoms with Crippen LogP contribution in [0.25, 0.3) is 16.6 Å². The third-order valence-electron chi connectivity index (χ3n) is 3.54. The van der Waals surface area contributed by atoms with Crippen LogP contribution in [0.5, 0.6) is 0 Å². The molecule has 0 bridgehead atoms. The Bertz CT molecular complexity index is 743. The normalized spacial score (nSPS) is 11.1.